The molecule has 1 aromatic carbocycles. The summed E-state index contributed by atoms with van der Waals surface area (Å²) in [6, 6.07) is 6.75. The van der Waals surface area contributed by atoms with Crippen LogP contribution < -0.4 is 0 Å². The van der Waals surface area contributed by atoms with E-state index in [0.717, 1.165) is 5.56 Å². The molecule has 0 aliphatic carbocycles. The average Bonchev–Trinajstić information content (AvgIpc) is 2.26. The molecule has 0 N–H and O–H groups in total. The lowest BCUT2D eigenvalue weighted by atomic mass is 10.1. The van der Waals surface area contributed by atoms with Gasteiger partial charge in [-0.3, -0.25) is 0 Å². The Bertz CT molecular complexity index is 319. The Morgan fingerprint density at radius 1 is 1.40 bits per heavy atom. The zero-order valence-corrected chi connectivity index (χ0v) is 9.00. The molecule has 0 aliphatic heterocycles. The van der Waals surface area contributed by atoms with Crippen LogP contribution in [0, 0.1) is 6.92 Å². The first-order valence-corrected chi connectivity index (χ1v) is 5.02. The van der Waals surface area contributed by atoms with Gasteiger partial charge >= 0.3 is 5.97 Å². The molecular formula is C12H15FO2. The maximum Gasteiger partial charge on any atom is 0.345 e. The Morgan fingerprint density at radius 2 is 2.00 bits per heavy atom. The predicted molar refractivity (Wildman–Crippen MR) is 56.3 cm³/mol. The largest absolute Gasteiger partial charge is 0.463 e. The van der Waals surface area contributed by atoms with Crippen molar-refractivity contribution >= 4 is 5.97 Å². The lowest BCUT2D eigenvalue weighted by molar-refractivity contribution is -0.149. The molecule has 1 unspecified atom stereocenters. The van der Waals surface area contributed by atoms with E-state index < -0.39 is 12.1 Å². The van der Waals surface area contributed by atoms with Gasteiger partial charge in [0, 0.05) is 0 Å². The molecule has 0 saturated heterocycles. The van der Waals surface area contributed by atoms with E-state index in [1.807, 2.05) is 13.8 Å². The Morgan fingerprint density at radius 3 is 2.53 bits per heavy atom. The van der Waals surface area contributed by atoms with Crippen molar-refractivity contribution in [2.24, 2.45) is 0 Å². The van der Waals surface area contributed by atoms with Gasteiger partial charge < -0.3 is 4.74 Å². The Kier molecular flexibility index (Phi) is 4.28. The number of benzene rings is 1. The quantitative estimate of drug-likeness (QED) is 0.714. The second kappa shape index (κ2) is 5.49. The van der Waals surface area contributed by atoms with E-state index in [1.165, 1.54) is 0 Å². The molecule has 0 aliphatic rings. The molecular weight excluding hydrogens is 195 g/mol. The van der Waals surface area contributed by atoms with Gasteiger partial charge in [0.2, 0.25) is 6.17 Å². The molecule has 0 heterocycles. The molecule has 0 aromatic heterocycles. The maximum absolute atomic E-state index is 13.5. The Balaban J connectivity index is 2.63. The topological polar surface area (TPSA) is 26.3 Å². The van der Waals surface area contributed by atoms with Gasteiger partial charge in [0.25, 0.3) is 0 Å². The van der Waals surface area contributed by atoms with E-state index in [9.17, 15) is 9.18 Å². The predicted octanol–water partition coefficient (Wildman–Crippen LogP) is 2.96. The lowest BCUT2D eigenvalue weighted by Crippen LogP contribution is -2.12. The summed E-state index contributed by atoms with van der Waals surface area (Å²) in [6.45, 7) is 4.05. The molecule has 0 radical (unpaired) electrons. The van der Waals surface area contributed by atoms with Crippen LogP contribution >= 0.6 is 0 Å². The van der Waals surface area contributed by atoms with E-state index in [1.54, 1.807) is 24.3 Å². The minimum absolute atomic E-state index is 0.269. The SMILES string of the molecule is CCCOC(=O)C(F)c1ccc(C)cc1. The number of aryl methyl sites for hydroxylation is 1. The normalized spacial score (nSPS) is 12.2. The first kappa shape index (κ1) is 11.7. The van der Waals surface area contributed by atoms with Crippen molar-refractivity contribution in [3.05, 3.63) is 35.4 Å². The van der Waals surface area contributed by atoms with Gasteiger partial charge in [0.15, 0.2) is 0 Å². The van der Waals surface area contributed by atoms with E-state index in [0.29, 0.717) is 12.0 Å². The van der Waals surface area contributed by atoms with Crippen LogP contribution in [-0.2, 0) is 9.53 Å². The molecule has 3 heteroatoms. The molecule has 0 spiro atoms. The summed E-state index contributed by atoms with van der Waals surface area (Å²) in [4.78, 5) is 11.2. The van der Waals surface area contributed by atoms with E-state index in [4.69, 9.17) is 4.74 Å². The number of hydrogen-bond donors (Lipinski definition) is 0. The average molecular weight is 210 g/mol. The molecule has 0 saturated carbocycles. The molecule has 0 fully saturated rings. The van der Waals surface area contributed by atoms with Crippen molar-refractivity contribution in [1.82, 2.24) is 0 Å². The number of halogens is 1. The maximum atomic E-state index is 13.5. The van der Waals surface area contributed by atoms with Gasteiger partial charge in [-0.05, 0) is 18.9 Å². The molecule has 15 heavy (non-hydrogen) atoms. The van der Waals surface area contributed by atoms with Crippen molar-refractivity contribution in [1.29, 1.82) is 0 Å². The fourth-order valence-corrected chi connectivity index (χ4v) is 1.15. The van der Waals surface area contributed by atoms with Gasteiger partial charge in [-0.25, -0.2) is 9.18 Å². The fraction of sp³-hybridized carbons (Fsp3) is 0.417. The fourth-order valence-electron chi connectivity index (χ4n) is 1.15. The molecule has 1 atom stereocenters. The molecule has 0 bridgehead atoms. The Hall–Kier alpha value is -1.38. The minimum atomic E-state index is -1.67. The van der Waals surface area contributed by atoms with Crippen LogP contribution in [-0.4, -0.2) is 12.6 Å². The minimum Gasteiger partial charge on any atom is -0.463 e. The molecule has 2 nitrogen and oxygen atoms in total. The van der Waals surface area contributed by atoms with Crippen LogP contribution in [0.15, 0.2) is 24.3 Å². The summed E-state index contributed by atoms with van der Waals surface area (Å²) >= 11 is 0. The van der Waals surface area contributed by atoms with Crippen molar-refractivity contribution in [3.63, 3.8) is 0 Å². The van der Waals surface area contributed by atoms with Crippen LogP contribution in [0.1, 0.15) is 30.6 Å². The number of esters is 1. The highest BCUT2D eigenvalue weighted by Gasteiger charge is 2.20. The van der Waals surface area contributed by atoms with Crippen LogP contribution in [0.5, 0.6) is 0 Å². The first-order chi connectivity index (χ1) is 7.15. The monoisotopic (exact) mass is 210 g/mol. The Labute approximate surface area is 89.1 Å². The highest BCUT2D eigenvalue weighted by atomic mass is 19.1. The van der Waals surface area contributed by atoms with Crippen molar-refractivity contribution in [2.45, 2.75) is 26.4 Å². The number of alkyl halides is 1. The third-order valence-corrected chi connectivity index (χ3v) is 2.03. The summed E-state index contributed by atoms with van der Waals surface area (Å²) in [5.74, 6) is -0.805. The third kappa shape index (κ3) is 3.35. The van der Waals surface area contributed by atoms with Crippen molar-refractivity contribution in [3.8, 4) is 0 Å². The van der Waals surface area contributed by atoms with E-state index in [-0.39, 0.29) is 6.61 Å². The molecule has 1 aromatic rings. The van der Waals surface area contributed by atoms with Crippen molar-refractivity contribution < 1.29 is 13.9 Å². The van der Waals surface area contributed by atoms with Crippen LogP contribution in [0.3, 0.4) is 0 Å². The van der Waals surface area contributed by atoms with Gasteiger partial charge in [0.05, 0.1) is 6.61 Å². The number of carbonyl (C=O) groups is 1. The summed E-state index contributed by atoms with van der Waals surface area (Å²) in [5, 5.41) is 0. The second-order valence-electron chi connectivity index (χ2n) is 3.44. The summed E-state index contributed by atoms with van der Waals surface area (Å²) in [6.07, 6.45) is -0.969. The molecule has 1 rings (SSSR count). The van der Waals surface area contributed by atoms with E-state index in [2.05, 4.69) is 0 Å². The summed E-state index contributed by atoms with van der Waals surface area (Å²) < 4.78 is 18.2. The summed E-state index contributed by atoms with van der Waals surface area (Å²) in [5.41, 5.74) is 1.38. The van der Waals surface area contributed by atoms with Crippen molar-refractivity contribution in [2.75, 3.05) is 6.61 Å². The van der Waals surface area contributed by atoms with E-state index >= 15 is 0 Å². The zero-order valence-electron chi connectivity index (χ0n) is 9.00. The second-order valence-corrected chi connectivity index (χ2v) is 3.44. The molecule has 0 amide bonds. The lowest BCUT2D eigenvalue weighted by Gasteiger charge is -2.08. The number of ether oxygens (including phenoxy) is 1. The number of carbonyl (C=O) groups excluding carboxylic acids is 1. The number of hydrogen-bond acceptors (Lipinski definition) is 2. The van der Waals surface area contributed by atoms with Crippen LogP contribution in [0.2, 0.25) is 0 Å². The third-order valence-electron chi connectivity index (χ3n) is 2.03. The highest BCUT2D eigenvalue weighted by Crippen LogP contribution is 2.19. The number of rotatable bonds is 4. The summed E-state index contributed by atoms with van der Waals surface area (Å²) in [7, 11) is 0. The van der Waals surface area contributed by atoms with Gasteiger partial charge in [0.1, 0.15) is 0 Å². The van der Waals surface area contributed by atoms with Crippen LogP contribution in [0.4, 0.5) is 4.39 Å². The molecule has 82 valence electrons. The van der Waals surface area contributed by atoms with Gasteiger partial charge in [-0.2, -0.15) is 0 Å². The first-order valence-electron chi connectivity index (χ1n) is 5.02. The zero-order chi connectivity index (χ0) is 11.3. The van der Waals surface area contributed by atoms with Gasteiger partial charge in [-0.15, -0.1) is 0 Å². The van der Waals surface area contributed by atoms with Crippen LogP contribution in [0.25, 0.3) is 0 Å². The standard InChI is InChI=1S/C12H15FO2/c1-3-8-15-12(14)11(13)10-6-4-9(2)5-7-10/h4-7,11H,3,8H2,1-2H3. The highest BCUT2D eigenvalue weighted by molar-refractivity contribution is 5.76. The smallest absolute Gasteiger partial charge is 0.345 e. The van der Waals surface area contributed by atoms with Gasteiger partial charge in [-0.1, -0.05) is 36.8 Å².